The second kappa shape index (κ2) is 7.87. The maximum atomic E-state index is 13.0. The highest BCUT2D eigenvalue weighted by Crippen LogP contribution is 2.33. The third kappa shape index (κ3) is 4.12. The molecule has 1 atom stereocenters. The summed E-state index contributed by atoms with van der Waals surface area (Å²) in [5, 5.41) is 0. The molecule has 0 spiro atoms. The molecule has 29 heavy (non-hydrogen) atoms. The fraction of sp³-hybridized carbons (Fsp3) is 0.261. The number of carbonyl (C=O) groups excluding carboxylic acids is 1. The van der Waals surface area contributed by atoms with Gasteiger partial charge in [0.15, 0.2) is 15.6 Å². The molecule has 4 rings (SSSR count). The number of carbonyl (C=O) groups is 1. The quantitative estimate of drug-likeness (QED) is 0.620. The van der Waals surface area contributed by atoms with Crippen molar-refractivity contribution in [1.29, 1.82) is 0 Å². The van der Waals surface area contributed by atoms with Crippen LogP contribution in [-0.4, -0.2) is 25.8 Å². The molecule has 0 N–H and O–H groups in total. The van der Waals surface area contributed by atoms with Crippen LogP contribution in [0.1, 0.15) is 46.3 Å². The van der Waals surface area contributed by atoms with Gasteiger partial charge >= 0.3 is 0 Å². The van der Waals surface area contributed by atoms with Gasteiger partial charge in [-0.05, 0) is 49.6 Å². The maximum Gasteiger partial charge on any atom is 0.290 e. The summed E-state index contributed by atoms with van der Waals surface area (Å²) < 4.78 is 30.7. The molecule has 1 saturated heterocycles. The Balaban J connectivity index is 1.51. The number of likely N-dealkylation sites (tertiary alicyclic amines) is 1. The highest BCUT2D eigenvalue weighted by atomic mass is 32.2. The number of hydrogen-bond donors (Lipinski definition) is 0. The van der Waals surface area contributed by atoms with Crippen LogP contribution in [0.2, 0.25) is 0 Å². The number of hydrogen-bond acceptors (Lipinski definition) is 4. The fourth-order valence-corrected chi connectivity index (χ4v) is 5.02. The van der Waals surface area contributed by atoms with E-state index >= 15 is 0 Å². The van der Waals surface area contributed by atoms with Crippen LogP contribution in [0.25, 0.3) is 0 Å². The molecule has 1 amide bonds. The molecule has 0 radical (unpaired) electrons. The molecule has 1 aromatic heterocycles. The first-order valence-corrected chi connectivity index (χ1v) is 11.3. The van der Waals surface area contributed by atoms with Crippen LogP contribution < -0.4 is 0 Å². The zero-order chi connectivity index (χ0) is 20.4. The number of nitrogens with zero attached hydrogens (tertiary/aromatic N) is 1. The second-order valence-corrected chi connectivity index (χ2v) is 9.39. The largest absolute Gasteiger partial charge is 0.455 e. The van der Waals surface area contributed by atoms with Crippen LogP contribution in [0, 0.1) is 6.92 Å². The first-order valence-electron chi connectivity index (χ1n) is 9.68. The van der Waals surface area contributed by atoms with E-state index in [9.17, 15) is 13.2 Å². The average molecular weight is 410 g/mol. The van der Waals surface area contributed by atoms with Gasteiger partial charge in [-0.1, -0.05) is 48.0 Å². The molecule has 1 unspecified atom stereocenters. The summed E-state index contributed by atoms with van der Waals surface area (Å²) in [6.45, 7) is 2.70. The van der Waals surface area contributed by atoms with E-state index in [1.54, 1.807) is 42.5 Å². The lowest BCUT2D eigenvalue weighted by atomic mass is 10.0. The summed E-state index contributed by atoms with van der Waals surface area (Å²) in [6.07, 6.45) is 1.84. The molecule has 5 nitrogen and oxygen atoms in total. The molecule has 0 bridgehead atoms. The maximum absolute atomic E-state index is 13.0. The third-order valence-corrected chi connectivity index (χ3v) is 6.94. The Morgan fingerprint density at radius 2 is 1.76 bits per heavy atom. The summed E-state index contributed by atoms with van der Waals surface area (Å²) >= 11 is 0. The molecular formula is C23H23NO4S. The topological polar surface area (TPSA) is 67.6 Å². The first-order chi connectivity index (χ1) is 13.9. The predicted molar refractivity (Wildman–Crippen MR) is 110 cm³/mol. The Morgan fingerprint density at radius 3 is 2.48 bits per heavy atom. The Morgan fingerprint density at radius 1 is 1.03 bits per heavy atom. The lowest BCUT2D eigenvalue weighted by Crippen LogP contribution is -2.30. The minimum Gasteiger partial charge on any atom is -0.455 e. The first kappa shape index (κ1) is 19.5. The van der Waals surface area contributed by atoms with Gasteiger partial charge in [-0.15, -0.1) is 0 Å². The van der Waals surface area contributed by atoms with Crippen molar-refractivity contribution >= 4 is 15.7 Å². The molecule has 1 aliphatic rings. The van der Waals surface area contributed by atoms with Crippen molar-refractivity contribution in [2.24, 2.45) is 0 Å². The highest BCUT2D eigenvalue weighted by Gasteiger charge is 2.32. The van der Waals surface area contributed by atoms with Gasteiger partial charge in [0, 0.05) is 6.54 Å². The summed E-state index contributed by atoms with van der Waals surface area (Å²) in [5.74, 6) is -0.0203. The number of rotatable bonds is 5. The SMILES string of the molecule is Cc1ccc(C2CCCN2C(=O)c2ccc(CS(=O)(=O)c3ccccc3)o2)cc1. The van der Waals surface area contributed by atoms with Crippen LogP contribution >= 0.6 is 0 Å². The zero-order valence-corrected chi connectivity index (χ0v) is 17.1. The van der Waals surface area contributed by atoms with Gasteiger partial charge in [0.1, 0.15) is 11.5 Å². The van der Waals surface area contributed by atoms with Crippen LogP contribution in [0.5, 0.6) is 0 Å². The van der Waals surface area contributed by atoms with E-state index in [4.69, 9.17) is 4.42 Å². The molecular weight excluding hydrogens is 386 g/mol. The summed E-state index contributed by atoms with van der Waals surface area (Å²) in [5.41, 5.74) is 2.29. The zero-order valence-electron chi connectivity index (χ0n) is 16.2. The molecule has 3 aromatic rings. The Labute approximate surface area is 170 Å². The minimum absolute atomic E-state index is 0.0182. The summed E-state index contributed by atoms with van der Waals surface area (Å²) in [6, 6.07) is 19.6. The van der Waals surface area contributed by atoms with Crippen LogP contribution in [0.4, 0.5) is 0 Å². The van der Waals surface area contributed by atoms with Crippen LogP contribution in [-0.2, 0) is 15.6 Å². The Kier molecular flexibility index (Phi) is 5.28. The average Bonchev–Trinajstić information content (AvgIpc) is 3.38. The van der Waals surface area contributed by atoms with E-state index in [1.165, 1.54) is 5.56 Å². The number of furan rings is 1. The molecule has 0 aliphatic carbocycles. The van der Waals surface area contributed by atoms with Crippen molar-refractivity contribution in [1.82, 2.24) is 4.90 Å². The van der Waals surface area contributed by atoms with Crippen molar-refractivity contribution < 1.29 is 17.6 Å². The standard InChI is InChI=1S/C23H23NO4S/c1-17-9-11-18(12-10-17)21-8-5-15-24(21)23(25)22-14-13-19(28-22)16-29(26,27)20-6-3-2-4-7-20/h2-4,6-7,9-14,21H,5,8,15-16H2,1H3. The highest BCUT2D eigenvalue weighted by molar-refractivity contribution is 7.90. The molecule has 150 valence electrons. The van der Waals surface area contributed by atoms with E-state index in [0.29, 0.717) is 6.54 Å². The molecule has 2 heterocycles. The van der Waals surface area contributed by atoms with Crippen molar-refractivity contribution in [3.63, 3.8) is 0 Å². The van der Waals surface area contributed by atoms with Crippen molar-refractivity contribution in [2.45, 2.75) is 36.5 Å². The van der Waals surface area contributed by atoms with E-state index in [0.717, 1.165) is 18.4 Å². The minimum atomic E-state index is -3.52. The number of sulfone groups is 1. The lowest BCUT2D eigenvalue weighted by molar-refractivity contribution is 0.0701. The van der Waals surface area contributed by atoms with E-state index < -0.39 is 9.84 Å². The predicted octanol–water partition coefficient (Wildman–Crippen LogP) is 4.54. The van der Waals surface area contributed by atoms with Gasteiger partial charge in [0.05, 0.1) is 10.9 Å². The lowest BCUT2D eigenvalue weighted by Gasteiger charge is -2.24. The monoisotopic (exact) mass is 409 g/mol. The van der Waals surface area contributed by atoms with E-state index in [1.807, 2.05) is 11.8 Å². The van der Waals surface area contributed by atoms with Gasteiger partial charge in [-0.3, -0.25) is 4.79 Å². The second-order valence-electron chi connectivity index (χ2n) is 7.41. The summed E-state index contributed by atoms with van der Waals surface area (Å²) in [4.78, 5) is 15.1. The molecule has 6 heteroatoms. The van der Waals surface area contributed by atoms with Gasteiger partial charge in [-0.25, -0.2) is 8.42 Å². The van der Waals surface area contributed by atoms with Crippen molar-refractivity contribution in [2.75, 3.05) is 6.54 Å². The van der Waals surface area contributed by atoms with E-state index in [2.05, 4.69) is 24.3 Å². The van der Waals surface area contributed by atoms with Gasteiger partial charge < -0.3 is 9.32 Å². The molecule has 1 fully saturated rings. The number of amides is 1. The van der Waals surface area contributed by atoms with E-state index in [-0.39, 0.29) is 34.1 Å². The van der Waals surface area contributed by atoms with Gasteiger partial charge in [0.2, 0.25) is 0 Å². The van der Waals surface area contributed by atoms with Crippen molar-refractivity contribution in [3.8, 4) is 0 Å². The third-order valence-electron chi connectivity index (χ3n) is 5.28. The van der Waals surface area contributed by atoms with Crippen LogP contribution in [0.3, 0.4) is 0 Å². The fourth-order valence-electron chi connectivity index (χ4n) is 3.76. The molecule has 2 aromatic carbocycles. The van der Waals surface area contributed by atoms with Gasteiger partial charge in [0.25, 0.3) is 5.91 Å². The smallest absolute Gasteiger partial charge is 0.290 e. The van der Waals surface area contributed by atoms with Gasteiger partial charge in [-0.2, -0.15) is 0 Å². The molecule has 1 aliphatic heterocycles. The number of aryl methyl sites for hydroxylation is 1. The Hall–Kier alpha value is -2.86. The normalized spacial score (nSPS) is 16.9. The van der Waals surface area contributed by atoms with Crippen molar-refractivity contribution in [3.05, 3.63) is 89.4 Å². The Bertz CT molecular complexity index is 1100. The summed E-state index contributed by atoms with van der Waals surface area (Å²) in [7, 11) is -3.52. The molecule has 0 saturated carbocycles. The van der Waals surface area contributed by atoms with Crippen LogP contribution in [0.15, 0.2) is 76.0 Å². The number of benzene rings is 2.